The molecule has 0 spiro atoms. The van der Waals surface area contributed by atoms with Crippen LogP contribution in [0.15, 0.2) is 18.2 Å². The summed E-state index contributed by atoms with van der Waals surface area (Å²) in [4.78, 5) is 13.0. The van der Waals surface area contributed by atoms with Crippen LogP contribution in [0.4, 0.5) is 5.69 Å². The molecule has 0 saturated carbocycles. The molecule has 1 heterocycles. The third kappa shape index (κ3) is 2.64. The zero-order valence-electron chi connectivity index (χ0n) is 10.8. The molecule has 18 heavy (non-hydrogen) atoms. The molecule has 1 fully saturated rings. The summed E-state index contributed by atoms with van der Waals surface area (Å²) in [7, 11) is 1.62. The van der Waals surface area contributed by atoms with Crippen molar-refractivity contribution >= 4 is 12.0 Å². The highest BCUT2D eigenvalue weighted by molar-refractivity contribution is 5.55. The quantitative estimate of drug-likeness (QED) is 0.654. The van der Waals surface area contributed by atoms with Crippen molar-refractivity contribution in [3.05, 3.63) is 23.8 Å². The van der Waals surface area contributed by atoms with E-state index >= 15 is 0 Å². The highest BCUT2D eigenvalue weighted by Crippen LogP contribution is 2.33. The van der Waals surface area contributed by atoms with Crippen LogP contribution in [-0.4, -0.2) is 31.4 Å². The van der Waals surface area contributed by atoms with E-state index in [-0.39, 0.29) is 0 Å². The third-order valence-electron chi connectivity index (χ3n) is 3.57. The smallest absolute Gasteiger partial charge is 0.142 e. The third-order valence-corrected chi connectivity index (χ3v) is 3.57. The molecular weight excluding hydrogens is 228 g/mol. The lowest BCUT2D eigenvalue weighted by Crippen LogP contribution is -2.34. The maximum atomic E-state index is 10.7. The first-order chi connectivity index (χ1) is 8.76. The van der Waals surface area contributed by atoms with Crippen molar-refractivity contribution in [2.45, 2.75) is 25.3 Å². The van der Waals surface area contributed by atoms with Crippen LogP contribution in [0.3, 0.4) is 0 Å². The van der Waals surface area contributed by atoms with E-state index in [0.29, 0.717) is 24.0 Å². The van der Waals surface area contributed by atoms with Crippen molar-refractivity contribution in [2.24, 2.45) is 0 Å². The van der Waals surface area contributed by atoms with Crippen LogP contribution < -0.4 is 10.5 Å². The second kappa shape index (κ2) is 5.87. The fourth-order valence-corrected chi connectivity index (χ4v) is 2.62. The molecular formula is C14H20N2O2. The first kappa shape index (κ1) is 12.9. The molecule has 0 radical (unpaired) electrons. The minimum absolute atomic E-state index is 0.304. The van der Waals surface area contributed by atoms with Gasteiger partial charge in [0.05, 0.1) is 19.3 Å². The Morgan fingerprint density at radius 2 is 2.33 bits per heavy atom. The number of benzene rings is 1. The molecule has 0 bridgehead atoms. The molecule has 1 aromatic carbocycles. The van der Waals surface area contributed by atoms with Crippen LogP contribution in [-0.2, 0) is 4.79 Å². The Morgan fingerprint density at radius 3 is 3.06 bits per heavy atom. The number of nitrogens with two attached hydrogens (primary N) is 1. The number of aldehydes is 1. The summed E-state index contributed by atoms with van der Waals surface area (Å²) >= 11 is 0. The molecule has 4 nitrogen and oxygen atoms in total. The van der Waals surface area contributed by atoms with Gasteiger partial charge in [-0.15, -0.1) is 0 Å². The van der Waals surface area contributed by atoms with Gasteiger partial charge in [-0.3, -0.25) is 4.90 Å². The Labute approximate surface area is 108 Å². The first-order valence-corrected chi connectivity index (χ1v) is 6.37. The van der Waals surface area contributed by atoms with Crippen molar-refractivity contribution in [3.8, 4) is 5.75 Å². The second-order valence-corrected chi connectivity index (χ2v) is 4.67. The molecule has 0 aliphatic carbocycles. The fourth-order valence-electron chi connectivity index (χ4n) is 2.62. The molecule has 2 N–H and O–H groups in total. The van der Waals surface area contributed by atoms with Crippen LogP contribution in [0.1, 0.15) is 30.9 Å². The summed E-state index contributed by atoms with van der Waals surface area (Å²) in [6.45, 7) is 1.48. The second-order valence-electron chi connectivity index (χ2n) is 4.67. The molecule has 2 rings (SSSR count). The number of carbonyl (C=O) groups is 1. The zero-order valence-corrected chi connectivity index (χ0v) is 10.8. The molecule has 0 amide bonds. The summed E-state index contributed by atoms with van der Waals surface area (Å²) in [5, 5.41) is 0. The lowest BCUT2D eigenvalue weighted by molar-refractivity contribution is -0.109. The van der Waals surface area contributed by atoms with E-state index in [2.05, 4.69) is 4.90 Å². The van der Waals surface area contributed by atoms with Crippen LogP contribution in [0.2, 0.25) is 0 Å². The first-order valence-electron chi connectivity index (χ1n) is 6.37. The Bertz CT molecular complexity index is 420. The number of piperidine rings is 1. The van der Waals surface area contributed by atoms with Crippen molar-refractivity contribution in [1.29, 1.82) is 0 Å². The van der Waals surface area contributed by atoms with Crippen LogP contribution >= 0.6 is 0 Å². The number of likely N-dealkylation sites (tertiary alicyclic amines) is 1. The molecule has 4 heteroatoms. The number of hydrogen-bond donors (Lipinski definition) is 1. The zero-order chi connectivity index (χ0) is 13.0. The van der Waals surface area contributed by atoms with Crippen LogP contribution in [0.5, 0.6) is 5.75 Å². The Hall–Kier alpha value is -1.55. The lowest BCUT2D eigenvalue weighted by Gasteiger charge is -2.34. The maximum absolute atomic E-state index is 10.7. The molecule has 1 unspecified atom stereocenters. The van der Waals surface area contributed by atoms with Gasteiger partial charge in [-0.1, -0.05) is 12.5 Å². The molecule has 1 atom stereocenters. The maximum Gasteiger partial charge on any atom is 0.142 e. The summed E-state index contributed by atoms with van der Waals surface area (Å²) in [6.07, 6.45) is 4.43. The molecule has 98 valence electrons. The van der Waals surface area contributed by atoms with E-state index in [4.69, 9.17) is 10.5 Å². The minimum atomic E-state index is 0.304. The Balaban J connectivity index is 2.24. The Morgan fingerprint density at radius 1 is 1.50 bits per heavy atom. The van der Waals surface area contributed by atoms with Crippen molar-refractivity contribution in [2.75, 3.05) is 25.9 Å². The summed E-state index contributed by atoms with van der Waals surface area (Å²) in [5.41, 5.74) is 7.66. The van der Waals surface area contributed by atoms with Gasteiger partial charge in [-0.05, 0) is 37.1 Å². The average molecular weight is 248 g/mol. The molecule has 1 aromatic rings. The fraction of sp³-hybridized carbons (Fsp3) is 0.500. The predicted molar refractivity (Wildman–Crippen MR) is 71.6 cm³/mol. The van der Waals surface area contributed by atoms with Gasteiger partial charge in [0.2, 0.25) is 0 Å². The van der Waals surface area contributed by atoms with Gasteiger partial charge in [-0.25, -0.2) is 0 Å². The van der Waals surface area contributed by atoms with Crippen molar-refractivity contribution in [1.82, 2.24) is 4.90 Å². The summed E-state index contributed by atoms with van der Waals surface area (Å²) < 4.78 is 5.26. The van der Waals surface area contributed by atoms with E-state index in [1.807, 2.05) is 18.2 Å². The topological polar surface area (TPSA) is 55.6 Å². The van der Waals surface area contributed by atoms with Gasteiger partial charge in [0.15, 0.2) is 0 Å². The SMILES string of the molecule is COc1cc(C2CCCCN2CC=O)ccc1N. The van der Waals surface area contributed by atoms with Gasteiger partial charge < -0.3 is 15.3 Å². The van der Waals surface area contributed by atoms with E-state index in [0.717, 1.165) is 25.7 Å². The van der Waals surface area contributed by atoms with Gasteiger partial charge in [-0.2, -0.15) is 0 Å². The highest BCUT2D eigenvalue weighted by Gasteiger charge is 2.23. The number of carbonyl (C=O) groups excluding carboxylic acids is 1. The average Bonchev–Trinajstić information content (AvgIpc) is 2.40. The van der Waals surface area contributed by atoms with E-state index in [1.165, 1.54) is 12.0 Å². The number of rotatable bonds is 4. The van der Waals surface area contributed by atoms with Crippen LogP contribution in [0, 0.1) is 0 Å². The highest BCUT2D eigenvalue weighted by atomic mass is 16.5. The largest absolute Gasteiger partial charge is 0.495 e. The van der Waals surface area contributed by atoms with Gasteiger partial charge in [0.25, 0.3) is 0 Å². The number of hydrogen-bond acceptors (Lipinski definition) is 4. The van der Waals surface area contributed by atoms with Gasteiger partial charge >= 0.3 is 0 Å². The molecule has 0 aromatic heterocycles. The molecule has 1 aliphatic rings. The number of ether oxygens (including phenoxy) is 1. The number of nitrogens with zero attached hydrogens (tertiary/aromatic N) is 1. The summed E-state index contributed by atoms with van der Waals surface area (Å²) in [6, 6.07) is 6.20. The Kier molecular flexibility index (Phi) is 4.20. The van der Waals surface area contributed by atoms with E-state index in [1.54, 1.807) is 7.11 Å². The van der Waals surface area contributed by atoms with Crippen molar-refractivity contribution < 1.29 is 9.53 Å². The molecule has 1 aliphatic heterocycles. The van der Waals surface area contributed by atoms with Crippen LogP contribution in [0.25, 0.3) is 0 Å². The monoisotopic (exact) mass is 248 g/mol. The normalized spacial score (nSPS) is 20.6. The van der Waals surface area contributed by atoms with E-state index in [9.17, 15) is 4.79 Å². The van der Waals surface area contributed by atoms with E-state index < -0.39 is 0 Å². The van der Waals surface area contributed by atoms with Gasteiger partial charge in [0.1, 0.15) is 12.0 Å². The minimum Gasteiger partial charge on any atom is -0.495 e. The number of methoxy groups -OCH3 is 1. The standard InChI is InChI=1S/C14H20N2O2/c1-18-14-10-11(5-6-12(14)15)13-4-2-3-7-16(13)8-9-17/h5-6,9-10,13H,2-4,7-8,15H2,1H3. The molecule has 1 saturated heterocycles. The lowest BCUT2D eigenvalue weighted by atomic mass is 9.95. The van der Waals surface area contributed by atoms with Gasteiger partial charge in [0, 0.05) is 6.04 Å². The number of anilines is 1. The predicted octanol–water partition coefficient (Wildman–Crippen LogP) is 2.00. The summed E-state index contributed by atoms with van der Waals surface area (Å²) in [5.74, 6) is 0.712. The number of nitrogen functional groups attached to an aromatic ring is 1. The van der Waals surface area contributed by atoms with Crippen molar-refractivity contribution in [3.63, 3.8) is 0 Å².